The van der Waals surface area contributed by atoms with Crippen LogP contribution in [0.5, 0.6) is 0 Å². The van der Waals surface area contributed by atoms with E-state index in [1.165, 1.54) is 0 Å². The third-order valence-electron chi connectivity index (χ3n) is 5.90. The van der Waals surface area contributed by atoms with Crippen molar-refractivity contribution < 1.29 is 9.59 Å². The first-order chi connectivity index (χ1) is 13.5. The molecule has 1 atom stereocenters. The molecule has 3 heterocycles. The van der Waals surface area contributed by atoms with E-state index in [9.17, 15) is 9.59 Å². The number of piperidine rings is 2. The van der Waals surface area contributed by atoms with E-state index < -0.39 is 0 Å². The van der Waals surface area contributed by atoms with Crippen molar-refractivity contribution in [2.75, 3.05) is 19.6 Å². The van der Waals surface area contributed by atoms with Gasteiger partial charge in [-0.25, -0.2) is 0 Å². The van der Waals surface area contributed by atoms with Crippen LogP contribution in [-0.4, -0.2) is 51.2 Å². The molecular formula is C22H26N4O2. The lowest BCUT2D eigenvalue weighted by Gasteiger charge is -2.48. The highest BCUT2D eigenvalue weighted by atomic mass is 16.2. The highest BCUT2D eigenvalue weighted by molar-refractivity contribution is 5.94. The molecule has 1 aromatic carbocycles. The van der Waals surface area contributed by atoms with Crippen LogP contribution in [0.2, 0.25) is 0 Å². The number of hydrogen-bond donors (Lipinski definition) is 0. The molecule has 4 rings (SSSR count). The Morgan fingerprint density at radius 2 is 1.93 bits per heavy atom. The highest BCUT2D eigenvalue weighted by Crippen LogP contribution is 2.39. The lowest BCUT2D eigenvalue weighted by atomic mass is 9.73. The summed E-state index contributed by atoms with van der Waals surface area (Å²) in [6.07, 6.45) is 6.89. The van der Waals surface area contributed by atoms with Gasteiger partial charge in [0.15, 0.2) is 0 Å². The van der Waals surface area contributed by atoms with Gasteiger partial charge in [0.05, 0.1) is 24.1 Å². The number of amides is 2. The summed E-state index contributed by atoms with van der Waals surface area (Å²) in [5, 5.41) is 0. The molecule has 28 heavy (non-hydrogen) atoms. The number of carbonyl (C=O) groups excluding carboxylic acids is 2. The molecule has 2 aliphatic heterocycles. The predicted octanol–water partition coefficient (Wildman–Crippen LogP) is 2.83. The molecular weight excluding hydrogens is 352 g/mol. The summed E-state index contributed by atoms with van der Waals surface area (Å²) in [6, 6.07) is 9.47. The Balaban J connectivity index is 1.48. The van der Waals surface area contributed by atoms with Crippen molar-refractivity contribution in [1.29, 1.82) is 0 Å². The van der Waals surface area contributed by atoms with E-state index in [1.54, 1.807) is 12.4 Å². The first-order valence-electron chi connectivity index (χ1n) is 9.94. The smallest absolute Gasteiger partial charge is 0.253 e. The Hall–Kier alpha value is -2.76. The number of rotatable bonds is 3. The molecule has 1 aromatic heterocycles. The fourth-order valence-electron chi connectivity index (χ4n) is 4.42. The molecule has 0 radical (unpaired) electrons. The quantitative estimate of drug-likeness (QED) is 0.824. The first kappa shape index (κ1) is 18.6. The van der Waals surface area contributed by atoms with Gasteiger partial charge in [-0.1, -0.05) is 18.2 Å². The van der Waals surface area contributed by atoms with Crippen LogP contribution >= 0.6 is 0 Å². The van der Waals surface area contributed by atoms with Crippen molar-refractivity contribution in [3.05, 3.63) is 59.7 Å². The van der Waals surface area contributed by atoms with Gasteiger partial charge in [0.2, 0.25) is 5.91 Å². The Kier molecular flexibility index (Phi) is 5.11. The van der Waals surface area contributed by atoms with Crippen LogP contribution in [-0.2, 0) is 11.3 Å². The van der Waals surface area contributed by atoms with Crippen LogP contribution in [0.1, 0.15) is 47.4 Å². The Morgan fingerprint density at radius 3 is 2.68 bits per heavy atom. The fourth-order valence-corrected chi connectivity index (χ4v) is 4.42. The first-order valence-corrected chi connectivity index (χ1v) is 9.94. The molecule has 0 unspecified atom stereocenters. The van der Waals surface area contributed by atoms with Gasteiger partial charge < -0.3 is 9.80 Å². The van der Waals surface area contributed by atoms with Gasteiger partial charge in [-0.15, -0.1) is 0 Å². The second kappa shape index (κ2) is 7.70. The molecule has 0 N–H and O–H groups in total. The van der Waals surface area contributed by atoms with Gasteiger partial charge in [0.1, 0.15) is 0 Å². The van der Waals surface area contributed by atoms with E-state index in [0.717, 1.165) is 42.8 Å². The number of likely N-dealkylation sites (tertiary alicyclic amines) is 2. The zero-order valence-electron chi connectivity index (χ0n) is 16.3. The minimum Gasteiger partial charge on any atom is -0.338 e. The Bertz CT molecular complexity index is 853. The predicted molar refractivity (Wildman–Crippen MR) is 105 cm³/mol. The molecule has 2 saturated heterocycles. The minimum absolute atomic E-state index is 0.0191. The molecule has 2 aromatic rings. The number of nitrogens with zero attached hydrogens (tertiary/aromatic N) is 4. The zero-order chi connectivity index (χ0) is 19.6. The SMILES string of the molecule is Cc1cnc(CN2C[C@@]3(CCCN(C(=O)c4ccccc4)C3)CCC2=O)cn1. The van der Waals surface area contributed by atoms with E-state index >= 15 is 0 Å². The maximum Gasteiger partial charge on any atom is 0.253 e. The molecule has 2 amide bonds. The third-order valence-corrected chi connectivity index (χ3v) is 5.90. The number of aromatic nitrogens is 2. The zero-order valence-corrected chi connectivity index (χ0v) is 16.3. The summed E-state index contributed by atoms with van der Waals surface area (Å²) in [5.41, 5.74) is 2.39. The topological polar surface area (TPSA) is 66.4 Å². The Labute approximate surface area is 165 Å². The number of aryl methyl sites for hydroxylation is 1. The molecule has 6 heteroatoms. The van der Waals surface area contributed by atoms with E-state index in [1.807, 2.05) is 47.1 Å². The lowest BCUT2D eigenvalue weighted by molar-refractivity contribution is -0.139. The monoisotopic (exact) mass is 378 g/mol. The molecule has 0 bridgehead atoms. The van der Waals surface area contributed by atoms with E-state index in [2.05, 4.69) is 9.97 Å². The summed E-state index contributed by atoms with van der Waals surface area (Å²) < 4.78 is 0. The summed E-state index contributed by atoms with van der Waals surface area (Å²) >= 11 is 0. The summed E-state index contributed by atoms with van der Waals surface area (Å²) in [5.74, 6) is 0.257. The summed E-state index contributed by atoms with van der Waals surface area (Å²) in [4.78, 5) is 38.0. The van der Waals surface area contributed by atoms with Crippen LogP contribution in [0.15, 0.2) is 42.7 Å². The summed E-state index contributed by atoms with van der Waals surface area (Å²) in [7, 11) is 0. The Morgan fingerprint density at radius 1 is 1.11 bits per heavy atom. The lowest BCUT2D eigenvalue weighted by Crippen LogP contribution is -2.54. The van der Waals surface area contributed by atoms with Gasteiger partial charge in [0.25, 0.3) is 5.91 Å². The van der Waals surface area contributed by atoms with E-state index in [-0.39, 0.29) is 17.2 Å². The largest absolute Gasteiger partial charge is 0.338 e. The van der Waals surface area contributed by atoms with Gasteiger partial charge in [-0.3, -0.25) is 19.6 Å². The average Bonchev–Trinajstić information content (AvgIpc) is 2.73. The van der Waals surface area contributed by atoms with Crippen molar-refractivity contribution in [2.24, 2.45) is 5.41 Å². The van der Waals surface area contributed by atoms with Crippen molar-refractivity contribution in [3.8, 4) is 0 Å². The second-order valence-electron chi connectivity index (χ2n) is 8.10. The van der Waals surface area contributed by atoms with Gasteiger partial charge in [-0.2, -0.15) is 0 Å². The summed E-state index contributed by atoms with van der Waals surface area (Å²) in [6.45, 7) is 4.57. The fraction of sp³-hybridized carbons (Fsp3) is 0.455. The van der Waals surface area contributed by atoms with Crippen LogP contribution in [0.3, 0.4) is 0 Å². The molecule has 0 aliphatic carbocycles. The van der Waals surface area contributed by atoms with Crippen LogP contribution in [0, 0.1) is 12.3 Å². The van der Waals surface area contributed by atoms with Crippen LogP contribution < -0.4 is 0 Å². The number of benzene rings is 1. The van der Waals surface area contributed by atoms with Crippen molar-refractivity contribution in [1.82, 2.24) is 19.8 Å². The highest BCUT2D eigenvalue weighted by Gasteiger charge is 2.42. The van der Waals surface area contributed by atoms with Gasteiger partial charge >= 0.3 is 0 Å². The van der Waals surface area contributed by atoms with E-state index in [0.29, 0.717) is 26.1 Å². The average molecular weight is 378 g/mol. The second-order valence-corrected chi connectivity index (χ2v) is 8.10. The van der Waals surface area contributed by atoms with Crippen molar-refractivity contribution in [2.45, 2.75) is 39.2 Å². The maximum absolute atomic E-state index is 12.9. The number of hydrogen-bond acceptors (Lipinski definition) is 4. The van der Waals surface area contributed by atoms with Crippen LogP contribution in [0.4, 0.5) is 0 Å². The number of carbonyl (C=O) groups is 2. The molecule has 2 aliphatic rings. The third kappa shape index (κ3) is 3.91. The molecule has 2 fully saturated rings. The molecule has 0 saturated carbocycles. The van der Waals surface area contributed by atoms with Gasteiger partial charge in [-0.05, 0) is 38.3 Å². The molecule has 6 nitrogen and oxygen atoms in total. The maximum atomic E-state index is 12.9. The van der Waals surface area contributed by atoms with E-state index in [4.69, 9.17) is 0 Å². The normalized spacial score (nSPS) is 22.5. The molecule has 1 spiro atoms. The van der Waals surface area contributed by atoms with Gasteiger partial charge in [0, 0.05) is 43.2 Å². The van der Waals surface area contributed by atoms with Crippen LogP contribution in [0.25, 0.3) is 0 Å². The minimum atomic E-state index is -0.0191. The standard InChI is InChI=1S/C22H26N4O2/c1-17-12-24-19(13-23-17)14-26-16-22(10-8-20(26)27)9-5-11-25(15-22)21(28)18-6-3-2-4-7-18/h2-4,6-7,12-13H,5,8-11,14-16H2,1H3/t22-/m0/s1. The van der Waals surface area contributed by atoms with Crippen molar-refractivity contribution >= 4 is 11.8 Å². The van der Waals surface area contributed by atoms with Crippen molar-refractivity contribution in [3.63, 3.8) is 0 Å². The molecule has 146 valence electrons.